The van der Waals surface area contributed by atoms with Crippen LogP contribution < -0.4 is 0 Å². The number of aliphatic hydroxyl groups excluding tert-OH is 1. The van der Waals surface area contributed by atoms with Crippen LogP contribution in [0.4, 0.5) is 4.79 Å². The molecular weight excluding hydrogens is 428 g/mol. The number of carbonyl (C=O) groups is 1. The van der Waals surface area contributed by atoms with Crippen LogP contribution in [-0.4, -0.2) is 95.6 Å². The number of ether oxygens (including phenoxy) is 6. The van der Waals surface area contributed by atoms with Crippen molar-refractivity contribution in [2.24, 2.45) is 4.99 Å². The second-order valence-electron chi connectivity index (χ2n) is 8.93. The second-order valence-corrected chi connectivity index (χ2v) is 10.0. The van der Waals surface area contributed by atoms with Crippen LogP contribution in [0, 0.1) is 0 Å². The Labute approximate surface area is 187 Å². The first kappa shape index (κ1) is 24.7. The summed E-state index contributed by atoms with van der Waals surface area (Å²) in [6, 6.07) is -0.472. The highest BCUT2D eigenvalue weighted by atomic mass is 32.2. The smallest absolute Gasteiger partial charge is 0.416 e. The largest absolute Gasteiger partial charge is 0.443 e. The molecule has 10 nitrogen and oxygen atoms in total. The Morgan fingerprint density at radius 1 is 1.19 bits per heavy atom. The number of fused-ring (bicyclic) bond motifs is 3. The summed E-state index contributed by atoms with van der Waals surface area (Å²) in [5.74, 6) is -2.44. The summed E-state index contributed by atoms with van der Waals surface area (Å²) in [4.78, 5) is 18.9. The number of nitrogens with zero attached hydrogens (tertiary/aromatic N) is 2. The maximum atomic E-state index is 12.7. The maximum absolute atomic E-state index is 12.7. The van der Waals surface area contributed by atoms with E-state index in [-0.39, 0.29) is 6.61 Å². The molecule has 0 spiro atoms. The van der Waals surface area contributed by atoms with E-state index in [1.165, 1.54) is 30.9 Å². The standard InChI is InChI=1S/C20H34N2O8S/c1-9-22(17(24)30-18(2,3)4)16-21-12-14-13(11(10-23)27-15(12)31-16)28-19(5,25-7)20(6,26-8)29-14/h11-15,23H,9-10H2,1-8H3. The summed E-state index contributed by atoms with van der Waals surface area (Å²) in [5.41, 5.74) is -1.09. The van der Waals surface area contributed by atoms with Crippen LogP contribution in [0.3, 0.4) is 0 Å². The van der Waals surface area contributed by atoms with Gasteiger partial charge >= 0.3 is 6.09 Å². The Balaban J connectivity index is 1.90. The lowest BCUT2D eigenvalue weighted by atomic mass is 9.93. The molecule has 0 aromatic carbocycles. The van der Waals surface area contributed by atoms with Crippen LogP contribution >= 0.6 is 11.8 Å². The zero-order valence-corrected chi connectivity index (χ0v) is 20.2. The first-order valence-corrected chi connectivity index (χ1v) is 11.3. The van der Waals surface area contributed by atoms with Gasteiger partial charge < -0.3 is 33.5 Å². The van der Waals surface area contributed by atoms with E-state index in [0.29, 0.717) is 11.7 Å². The number of hydrogen-bond acceptors (Lipinski definition) is 10. The van der Waals surface area contributed by atoms with Gasteiger partial charge in [0.15, 0.2) is 5.17 Å². The lowest BCUT2D eigenvalue weighted by Crippen LogP contribution is -2.72. The quantitative estimate of drug-likeness (QED) is 0.670. The van der Waals surface area contributed by atoms with Gasteiger partial charge in [0.2, 0.25) is 11.6 Å². The summed E-state index contributed by atoms with van der Waals surface area (Å²) in [7, 11) is 3.02. The Bertz CT molecular complexity index is 716. The molecule has 3 rings (SSSR count). The Hall–Kier alpha value is -0.950. The predicted octanol–water partition coefficient (Wildman–Crippen LogP) is 1.94. The minimum Gasteiger partial charge on any atom is -0.443 e. The van der Waals surface area contributed by atoms with Crippen LogP contribution in [0.5, 0.6) is 0 Å². The molecule has 2 saturated heterocycles. The summed E-state index contributed by atoms with van der Waals surface area (Å²) in [6.45, 7) is 10.8. The molecule has 7 atom stereocenters. The fourth-order valence-electron chi connectivity index (χ4n) is 3.80. The van der Waals surface area contributed by atoms with E-state index in [0.717, 1.165) is 0 Å². The number of hydrogen-bond donors (Lipinski definition) is 1. The van der Waals surface area contributed by atoms with Gasteiger partial charge in [-0.3, -0.25) is 9.89 Å². The molecule has 0 saturated carbocycles. The topological polar surface area (TPSA) is 108 Å². The number of rotatable bonds is 4. The molecule has 11 heteroatoms. The first-order valence-electron chi connectivity index (χ1n) is 10.4. The lowest BCUT2D eigenvalue weighted by molar-refractivity contribution is -0.463. The van der Waals surface area contributed by atoms with E-state index in [4.69, 9.17) is 33.4 Å². The van der Waals surface area contributed by atoms with Gasteiger partial charge in [-0.1, -0.05) is 11.8 Å². The zero-order valence-electron chi connectivity index (χ0n) is 19.4. The van der Waals surface area contributed by atoms with Gasteiger partial charge in [-0.15, -0.1) is 0 Å². The molecule has 178 valence electrons. The van der Waals surface area contributed by atoms with Crippen molar-refractivity contribution in [3.63, 3.8) is 0 Å². The first-order chi connectivity index (χ1) is 14.4. The number of aliphatic hydroxyl groups is 1. The highest BCUT2D eigenvalue weighted by Gasteiger charge is 2.63. The van der Waals surface area contributed by atoms with Crippen LogP contribution in [0.25, 0.3) is 0 Å². The lowest BCUT2D eigenvalue weighted by Gasteiger charge is -2.56. The number of carbonyl (C=O) groups excluding carboxylic acids is 1. The molecule has 0 bridgehead atoms. The fraction of sp³-hybridized carbons (Fsp3) is 0.900. The highest BCUT2D eigenvalue weighted by molar-refractivity contribution is 8.14. The molecular formula is C20H34N2O8S. The minimum absolute atomic E-state index is 0.267. The van der Waals surface area contributed by atoms with Gasteiger partial charge in [-0.25, -0.2) is 4.79 Å². The molecule has 2 fully saturated rings. The third kappa shape index (κ3) is 4.46. The number of aliphatic imine (C=N–C) groups is 1. The van der Waals surface area contributed by atoms with Gasteiger partial charge in [-0.2, -0.15) is 0 Å². The van der Waals surface area contributed by atoms with Crippen molar-refractivity contribution in [3.05, 3.63) is 0 Å². The van der Waals surface area contributed by atoms with Crippen molar-refractivity contribution >= 4 is 23.0 Å². The molecule has 0 radical (unpaired) electrons. The van der Waals surface area contributed by atoms with Crippen molar-refractivity contribution in [1.29, 1.82) is 0 Å². The van der Waals surface area contributed by atoms with Crippen LogP contribution in [0.2, 0.25) is 0 Å². The van der Waals surface area contributed by atoms with Crippen molar-refractivity contribution in [2.45, 2.75) is 88.5 Å². The molecule has 31 heavy (non-hydrogen) atoms. The van der Waals surface area contributed by atoms with Crippen molar-refractivity contribution in [1.82, 2.24) is 4.90 Å². The third-order valence-corrected chi connectivity index (χ3v) is 6.92. The van der Waals surface area contributed by atoms with E-state index in [1.54, 1.807) is 13.8 Å². The van der Waals surface area contributed by atoms with Gasteiger partial charge in [0.25, 0.3) is 0 Å². The van der Waals surface area contributed by atoms with Crippen LogP contribution in [0.1, 0.15) is 41.5 Å². The SMILES string of the molecule is CCN(C(=O)OC(C)(C)C)C1=NC2C(OC(CO)C3OC(C)(OC)C(C)(OC)OC23)S1. The minimum atomic E-state index is -1.23. The monoisotopic (exact) mass is 462 g/mol. The molecule has 3 heterocycles. The van der Waals surface area contributed by atoms with Crippen LogP contribution in [-0.2, 0) is 28.4 Å². The molecule has 3 aliphatic rings. The van der Waals surface area contributed by atoms with E-state index in [2.05, 4.69) is 0 Å². The Kier molecular flexibility index (Phi) is 6.98. The molecule has 0 aromatic heterocycles. The van der Waals surface area contributed by atoms with Gasteiger partial charge in [0, 0.05) is 20.8 Å². The third-order valence-electron chi connectivity index (χ3n) is 5.76. The number of amidine groups is 1. The van der Waals surface area contributed by atoms with Crippen molar-refractivity contribution in [2.75, 3.05) is 27.4 Å². The number of methoxy groups -OCH3 is 2. The maximum Gasteiger partial charge on any atom is 0.416 e. The highest BCUT2D eigenvalue weighted by Crippen LogP contribution is 2.47. The van der Waals surface area contributed by atoms with Crippen molar-refractivity contribution in [3.8, 4) is 0 Å². The number of thioether (sulfide) groups is 1. The van der Waals surface area contributed by atoms with Gasteiger partial charge in [0.1, 0.15) is 35.4 Å². The average molecular weight is 463 g/mol. The predicted molar refractivity (Wildman–Crippen MR) is 114 cm³/mol. The van der Waals surface area contributed by atoms with E-state index in [1.807, 2.05) is 27.7 Å². The van der Waals surface area contributed by atoms with E-state index < -0.39 is 53.1 Å². The molecule has 0 aliphatic carbocycles. The molecule has 0 aromatic rings. The number of amides is 1. The van der Waals surface area contributed by atoms with Crippen LogP contribution in [0.15, 0.2) is 4.99 Å². The van der Waals surface area contributed by atoms with Crippen molar-refractivity contribution < 1.29 is 38.3 Å². The molecule has 1 amide bonds. The Morgan fingerprint density at radius 3 is 2.26 bits per heavy atom. The van der Waals surface area contributed by atoms with E-state index >= 15 is 0 Å². The second kappa shape index (κ2) is 8.77. The Morgan fingerprint density at radius 2 is 1.77 bits per heavy atom. The molecule has 7 unspecified atom stereocenters. The summed E-state index contributed by atoms with van der Waals surface area (Å²) < 4.78 is 35.4. The zero-order chi connectivity index (χ0) is 23.2. The van der Waals surface area contributed by atoms with E-state index in [9.17, 15) is 9.90 Å². The summed E-state index contributed by atoms with van der Waals surface area (Å²) in [5, 5.41) is 10.4. The normalized spacial score (nSPS) is 40.0. The molecule has 3 aliphatic heterocycles. The fourth-order valence-corrected chi connectivity index (χ4v) is 5.08. The van der Waals surface area contributed by atoms with Gasteiger partial charge in [0.05, 0.1) is 6.61 Å². The summed E-state index contributed by atoms with van der Waals surface area (Å²) >= 11 is 1.30. The summed E-state index contributed by atoms with van der Waals surface area (Å²) in [6.07, 6.45) is -2.35. The average Bonchev–Trinajstić information content (AvgIpc) is 3.11. The van der Waals surface area contributed by atoms with Gasteiger partial charge in [-0.05, 0) is 41.5 Å². The molecule has 1 N–H and O–H groups in total.